The lowest BCUT2D eigenvalue weighted by atomic mass is 10.1. The number of halogens is 1. The van der Waals surface area contributed by atoms with Crippen molar-refractivity contribution >= 4 is 29.3 Å². The van der Waals surface area contributed by atoms with Gasteiger partial charge in [0.2, 0.25) is 5.91 Å². The van der Waals surface area contributed by atoms with Crippen molar-refractivity contribution in [3.05, 3.63) is 41.2 Å². The maximum absolute atomic E-state index is 12.4. The summed E-state index contributed by atoms with van der Waals surface area (Å²) < 4.78 is 1.96. The largest absolute Gasteiger partial charge is 0.338 e. The Bertz CT molecular complexity index is 674. The number of carbonyl (C=O) groups excluding carboxylic acids is 1. The molecule has 0 aliphatic rings. The topological polar surface area (TPSA) is 51.0 Å². The van der Waals surface area contributed by atoms with Gasteiger partial charge in [-0.05, 0) is 38.5 Å². The van der Waals surface area contributed by atoms with Crippen molar-refractivity contribution in [3.63, 3.8) is 0 Å². The smallest absolute Gasteiger partial charge is 0.233 e. The maximum atomic E-state index is 12.4. The first kappa shape index (κ1) is 17.8. The Hall–Kier alpha value is -1.53. The van der Waals surface area contributed by atoms with E-state index in [1.54, 1.807) is 11.2 Å². The number of benzene rings is 1. The number of rotatable bonds is 6. The lowest BCUT2D eigenvalue weighted by Gasteiger charge is -2.25. The van der Waals surface area contributed by atoms with Crippen molar-refractivity contribution < 1.29 is 4.79 Å². The summed E-state index contributed by atoms with van der Waals surface area (Å²) in [5, 5.41) is 9.42. The van der Waals surface area contributed by atoms with Crippen LogP contribution in [-0.2, 0) is 4.79 Å². The van der Waals surface area contributed by atoms with Crippen molar-refractivity contribution in [1.82, 2.24) is 19.7 Å². The van der Waals surface area contributed by atoms with Crippen molar-refractivity contribution in [1.29, 1.82) is 0 Å². The molecule has 2 aromatic rings. The summed E-state index contributed by atoms with van der Waals surface area (Å²) in [6, 6.07) is 7.82. The fourth-order valence-electron chi connectivity index (χ4n) is 2.12. The van der Waals surface area contributed by atoms with Gasteiger partial charge in [0, 0.05) is 18.1 Å². The molecular formula is C16H21ClN4OS. The molecule has 2 rings (SSSR count). The molecule has 0 saturated carbocycles. The minimum Gasteiger partial charge on any atom is -0.338 e. The number of carbonyl (C=O) groups is 1. The van der Waals surface area contributed by atoms with E-state index in [1.165, 1.54) is 11.8 Å². The Balaban J connectivity index is 1.98. The molecule has 0 aliphatic heterocycles. The highest BCUT2D eigenvalue weighted by atomic mass is 35.5. The van der Waals surface area contributed by atoms with Crippen molar-refractivity contribution in [2.45, 2.75) is 38.0 Å². The van der Waals surface area contributed by atoms with Gasteiger partial charge >= 0.3 is 0 Å². The number of hydrogen-bond donors (Lipinski definition) is 0. The zero-order valence-electron chi connectivity index (χ0n) is 13.7. The summed E-state index contributed by atoms with van der Waals surface area (Å²) in [4.78, 5) is 14.2. The van der Waals surface area contributed by atoms with Crippen LogP contribution in [0.4, 0.5) is 0 Å². The molecule has 1 aromatic heterocycles. The Morgan fingerprint density at radius 2 is 2.13 bits per heavy atom. The number of aromatic nitrogens is 3. The average Bonchev–Trinajstić information content (AvgIpc) is 3.00. The van der Waals surface area contributed by atoms with Gasteiger partial charge in [-0.2, -0.15) is 0 Å². The fraction of sp³-hybridized carbons (Fsp3) is 0.438. The SMILES string of the molecule is CC(c1cccc(Cl)c1)N(C)C(=O)CSc1nncn1C(C)C. The van der Waals surface area contributed by atoms with Crippen LogP contribution in [0.15, 0.2) is 35.7 Å². The first-order chi connectivity index (χ1) is 10.9. The summed E-state index contributed by atoms with van der Waals surface area (Å²) in [6.45, 7) is 6.11. The molecule has 0 N–H and O–H groups in total. The van der Waals surface area contributed by atoms with Gasteiger partial charge in [-0.1, -0.05) is 35.5 Å². The van der Waals surface area contributed by atoms with E-state index in [0.29, 0.717) is 10.8 Å². The van der Waals surface area contributed by atoms with Crippen LogP contribution in [0.5, 0.6) is 0 Å². The van der Waals surface area contributed by atoms with E-state index < -0.39 is 0 Å². The monoisotopic (exact) mass is 352 g/mol. The minimum absolute atomic E-state index is 0.0373. The highest BCUT2D eigenvalue weighted by Crippen LogP contribution is 2.24. The average molecular weight is 353 g/mol. The van der Waals surface area contributed by atoms with E-state index in [4.69, 9.17) is 11.6 Å². The minimum atomic E-state index is -0.0373. The predicted molar refractivity (Wildman–Crippen MR) is 93.8 cm³/mol. The highest BCUT2D eigenvalue weighted by Gasteiger charge is 2.19. The van der Waals surface area contributed by atoms with E-state index in [-0.39, 0.29) is 18.0 Å². The van der Waals surface area contributed by atoms with Crippen molar-refractivity contribution in [2.75, 3.05) is 12.8 Å². The first-order valence-electron chi connectivity index (χ1n) is 7.43. The molecule has 7 heteroatoms. The Morgan fingerprint density at radius 1 is 1.39 bits per heavy atom. The van der Waals surface area contributed by atoms with Crippen LogP contribution in [-0.4, -0.2) is 38.4 Å². The van der Waals surface area contributed by atoms with Crippen LogP contribution in [0.2, 0.25) is 5.02 Å². The predicted octanol–water partition coefficient (Wildman–Crippen LogP) is 3.82. The summed E-state index contributed by atoms with van der Waals surface area (Å²) in [7, 11) is 1.81. The molecule has 0 aliphatic carbocycles. The molecule has 5 nitrogen and oxygen atoms in total. The summed E-state index contributed by atoms with van der Waals surface area (Å²) >= 11 is 7.43. The molecule has 0 radical (unpaired) electrons. The van der Waals surface area contributed by atoms with E-state index in [0.717, 1.165) is 10.7 Å². The number of hydrogen-bond acceptors (Lipinski definition) is 4. The zero-order valence-corrected chi connectivity index (χ0v) is 15.3. The second-order valence-corrected chi connectivity index (χ2v) is 7.02. The van der Waals surface area contributed by atoms with Crippen LogP contribution >= 0.6 is 23.4 Å². The van der Waals surface area contributed by atoms with Crippen LogP contribution in [0.3, 0.4) is 0 Å². The molecule has 1 heterocycles. The van der Waals surface area contributed by atoms with E-state index in [1.807, 2.05) is 42.8 Å². The molecule has 1 atom stereocenters. The Labute approximate surface area is 146 Å². The molecule has 1 amide bonds. The third kappa shape index (κ3) is 4.48. The summed E-state index contributed by atoms with van der Waals surface area (Å²) in [5.41, 5.74) is 1.02. The molecule has 0 bridgehead atoms. The zero-order chi connectivity index (χ0) is 17.0. The van der Waals surface area contributed by atoms with Gasteiger partial charge in [0.1, 0.15) is 6.33 Å². The third-order valence-electron chi connectivity index (χ3n) is 3.73. The lowest BCUT2D eigenvalue weighted by molar-refractivity contribution is -0.128. The third-order valence-corrected chi connectivity index (χ3v) is 4.90. The van der Waals surface area contributed by atoms with Crippen LogP contribution < -0.4 is 0 Å². The molecule has 23 heavy (non-hydrogen) atoms. The van der Waals surface area contributed by atoms with Crippen molar-refractivity contribution in [2.24, 2.45) is 0 Å². The van der Waals surface area contributed by atoms with Gasteiger partial charge in [0.15, 0.2) is 5.16 Å². The fourth-order valence-corrected chi connectivity index (χ4v) is 3.29. The van der Waals surface area contributed by atoms with Crippen LogP contribution in [0, 0.1) is 0 Å². The molecule has 124 valence electrons. The number of amides is 1. The Kier molecular flexibility index (Phi) is 6.07. The number of thioether (sulfide) groups is 1. The molecule has 0 fully saturated rings. The molecule has 0 saturated heterocycles. The summed E-state index contributed by atoms with van der Waals surface area (Å²) in [5.74, 6) is 0.369. The standard InChI is InChI=1S/C16H21ClN4OS/c1-11(2)21-10-18-19-16(21)23-9-15(22)20(4)12(3)13-6-5-7-14(17)8-13/h5-8,10-12H,9H2,1-4H3. The van der Waals surface area contributed by atoms with Gasteiger partial charge in [0.05, 0.1) is 11.8 Å². The van der Waals surface area contributed by atoms with Gasteiger partial charge in [-0.25, -0.2) is 0 Å². The molecule has 0 spiro atoms. The number of nitrogens with zero attached hydrogens (tertiary/aromatic N) is 4. The van der Waals surface area contributed by atoms with Crippen molar-refractivity contribution in [3.8, 4) is 0 Å². The summed E-state index contributed by atoms with van der Waals surface area (Å²) in [6.07, 6.45) is 1.69. The van der Waals surface area contributed by atoms with Gasteiger partial charge in [0.25, 0.3) is 0 Å². The van der Waals surface area contributed by atoms with E-state index in [9.17, 15) is 4.79 Å². The van der Waals surface area contributed by atoms with Gasteiger partial charge in [-0.3, -0.25) is 4.79 Å². The molecular weight excluding hydrogens is 332 g/mol. The second-order valence-electron chi connectivity index (χ2n) is 5.64. The highest BCUT2D eigenvalue weighted by molar-refractivity contribution is 7.99. The second kappa shape index (κ2) is 7.84. The van der Waals surface area contributed by atoms with Crippen LogP contribution in [0.25, 0.3) is 0 Å². The van der Waals surface area contributed by atoms with E-state index >= 15 is 0 Å². The quantitative estimate of drug-likeness (QED) is 0.741. The molecule has 1 unspecified atom stereocenters. The first-order valence-corrected chi connectivity index (χ1v) is 8.80. The van der Waals surface area contributed by atoms with E-state index in [2.05, 4.69) is 24.0 Å². The Morgan fingerprint density at radius 3 is 2.78 bits per heavy atom. The lowest BCUT2D eigenvalue weighted by Crippen LogP contribution is -2.31. The van der Waals surface area contributed by atoms with Gasteiger partial charge in [-0.15, -0.1) is 10.2 Å². The maximum Gasteiger partial charge on any atom is 0.233 e. The van der Waals surface area contributed by atoms with Gasteiger partial charge < -0.3 is 9.47 Å². The normalized spacial score (nSPS) is 12.4. The van der Waals surface area contributed by atoms with Crippen LogP contribution in [0.1, 0.15) is 38.4 Å². The molecule has 1 aromatic carbocycles.